The molecule has 2 heterocycles. The summed E-state index contributed by atoms with van der Waals surface area (Å²) >= 11 is 0. The predicted octanol–water partition coefficient (Wildman–Crippen LogP) is 4.73. The summed E-state index contributed by atoms with van der Waals surface area (Å²) in [6.07, 6.45) is 6.62. The van der Waals surface area contributed by atoms with Gasteiger partial charge in [0.2, 0.25) is 0 Å². The van der Waals surface area contributed by atoms with Crippen LogP contribution in [0.2, 0.25) is 0 Å². The Morgan fingerprint density at radius 3 is 2.65 bits per heavy atom. The summed E-state index contributed by atoms with van der Waals surface area (Å²) in [6.45, 7) is 0.937. The van der Waals surface area contributed by atoms with Crippen molar-refractivity contribution in [3.05, 3.63) is 77.1 Å². The topological polar surface area (TPSA) is 40.5 Å². The molecule has 0 radical (unpaired) electrons. The van der Waals surface area contributed by atoms with Crippen molar-refractivity contribution in [3.8, 4) is 0 Å². The lowest BCUT2D eigenvalue weighted by Crippen LogP contribution is -2.47. The van der Waals surface area contributed by atoms with Gasteiger partial charge in [-0.05, 0) is 48.1 Å². The molecule has 3 nitrogen and oxygen atoms in total. The second-order valence-corrected chi connectivity index (χ2v) is 7.21. The van der Waals surface area contributed by atoms with Crippen molar-refractivity contribution in [1.29, 1.82) is 0 Å². The normalized spacial score (nSPS) is 22.7. The second-order valence-electron chi connectivity index (χ2n) is 7.21. The smallest absolute Gasteiger partial charge is 0.338 e. The fraction of sp³-hybridized carbons (Fsp3) is 0.318. The highest BCUT2D eigenvalue weighted by Gasteiger charge is 2.34. The molecule has 1 fully saturated rings. The third kappa shape index (κ3) is 3.29. The number of piperidine rings is 1. The minimum absolute atomic E-state index is 0.268. The fourth-order valence-electron chi connectivity index (χ4n) is 4.26. The maximum absolute atomic E-state index is 14.1. The quantitative estimate of drug-likeness (QED) is 0.865. The van der Waals surface area contributed by atoms with Crippen LogP contribution in [-0.2, 0) is 6.54 Å². The van der Waals surface area contributed by atoms with E-state index in [0.29, 0.717) is 12.1 Å². The second kappa shape index (κ2) is 7.04. The van der Waals surface area contributed by atoms with Crippen LogP contribution < -0.4 is 0 Å². The molecule has 0 spiro atoms. The molecular weight excluding hydrogens is 329 g/mol. The number of fused-ring (bicyclic) bond motifs is 2. The van der Waals surface area contributed by atoms with E-state index in [1.807, 2.05) is 6.07 Å². The minimum atomic E-state index is -1.22. The molecule has 2 aliphatic heterocycles. The zero-order valence-electron chi connectivity index (χ0n) is 14.6. The van der Waals surface area contributed by atoms with Gasteiger partial charge in [-0.3, -0.25) is 4.90 Å². The van der Waals surface area contributed by atoms with E-state index in [9.17, 15) is 9.18 Å². The van der Waals surface area contributed by atoms with E-state index in [1.54, 1.807) is 6.07 Å². The van der Waals surface area contributed by atoms with E-state index in [4.69, 9.17) is 5.11 Å². The molecule has 134 valence electrons. The zero-order valence-corrected chi connectivity index (χ0v) is 14.6. The molecule has 4 heteroatoms. The number of hydrogen-bond acceptors (Lipinski definition) is 2. The SMILES string of the molecule is O=C(O)c1ccc(C2=CC3CCCC(C2)N3Cc2ccccc2)cc1F. The van der Waals surface area contributed by atoms with Gasteiger partial charge in [0.15, 0.2) is 0 Å². The molecule has 2 bridgehead atoms. The lowest BCUT2D eigenvalue weighted by molar-refractivity contribution is 0.0692. The van der Waals surface area contributed by atoms with Crippen LogP contribution in [-0.4, -0.2) is 28.1 Å². The van der Waals surface area contributed by atoms with Gasteiger partial charge in [-0.15, -0.1) is 0 Å². The number of carbonyl (C=O) groups is 1. The zero-order chi connectivity index (χ0) is 18.1. The van der Waals surface area contributed by atoms with Gasteiger partial charge >= 0.3 is 5.97 Å². The Balaban J connectivity index is 1.60. The van der Waals surface area contributed by atoms with Crippen LogP contribution in [0.15, 0.2) is 54.6 Å². The molecule has 2 atom stereocenters. The maximum atomic E-state index is 14.1. The van der Waals surface area contributed by atoms with Gasteiger partial charge in [-0.25, -0.2) is 9.18 Å². The number of nitrogens with zero attached hydrogens (tertiary/aromatic N) is 1. The van der Waals surface area contributed by atoms with Crippen LogP contribution in [0.4, 0.5) is 4.39 Å². The van der Waals surface area contributed by atoms with Gasteiger partial charge in [0.1, 0.15) is 5.82 Å². The highest BCUT2D eigenvalue weighted by Crippen LogP contribution is 2.38. The molecule has 26 heavy (non-hydrogen) atoms. The van der Waals surface area contributed by atoms with Crippen molar-refractivity contribution in [1.82, 2.24) is 4.90 Å². The molecule has 0 aliphatic carbocycles. The summed E-state index contributed by atoms with van der Waals surface area (Å²) in [5.41, 5.74) is 3.00. The first-order valence-electron chi connectivity index (χ1n) is 9.15. The number of rotatable bonds is 4. The fourth-order valence-corrected chi connectivity index (χ4v) is 4.26. The van der Waals surface area contributed by atoms with Crippen LogP contribution in [0.1, 0.15) is 47.2 Å². The summed E-state index contributed by atoms with van der Waals surface area (Å²) in [4.78, 5) is 13.6. The molecular formula is C22H22FNO2. The maximum Gasteiger partial charge on any atom is 0.338 e. The molecule has 2 aromatic rings. The number of carboxylic acids is 1. The van der Waals surface area contributed by atoms with Gasteiger partial charge in [-0.2, -0.15) is 0 Å². The summed E-state index contributed by atoms with van der Waals surface area (Å²) in [6, 6.07) is 15.8. The Morgan fingerprint density at radius 2 is 1.96 bits per heavy atom. The van der Waals surface area contributed by atoms with Crippen molar-refractivity contribution >= 4 is 11.5 Å². The molecule has 2 aromatic carbocycles. The third-order valence-corrected chi connectivity index (χ3v) is 5.56. The highest BCUT2D eigenvalue weighted by molar-refractivity contribution is 5.88. The summed E-state index contributed by atoms with van der Waals surface area (Å²) < 4.78 is 14.1. The lowest BCUT2D eigenvalue weighted by Gasteiger charge is -2.45. The van der Waals surface area contributed by atoms with E-state index in [0.717, 1.165) is 36.9 Å². The molecule has 0 saturated carbocycles. The van der Waals surface area contributed by atoms with Crippen molar-refractivity contribution in [2.24, 2.45) is 0 Å². The molecule has 1 N–H and O–H groups in total. The van der Waals surface area contributed by atoms with E-state index in [-0.39, 0.29) is 5.56 Å². The molecule has 0 aromatic heterocycles. The Hall–Kier alpha value is -2.46. The highest BCUT2D eigenvalue weighted by atomic mass is 19.1. The molecule has 2 unspecified atom stereocenters. The first-order chi connectivity index (χ1) is 12.6. The van der Waals surface area contributed by atoms with Crippen LogP contribution in [0, 0.1) is 5.82 Å². The standard InChI is InChI=1S/C22H22FNO2/c23-21-13-16(9-10-20(21)22(25)26)17-11-18-7-4-8-19(12-17)24(18)14-15-5-2-1-3-6-15/h1-3,5-6,9-11,13,18-19H,4,7-8,12,14H2,(H,25,26). The number of carboxylic acid groups (broad SMARTS) is 1. The Labute approximate surface area is 152 Å². The summed E-state index contributed by atoms with van der Waals surface area (Å²) in [7, 11) is 0. The summed E-state index contributed by atoms with van der Waals surface area (Å²) in [5.74, 6) is -1.88. The van der Waals surface area contributed by atoms with E-state index in [2.05, 4.69) is 35.2 Å². The first kappa shape index (κ1) is 17.0. The molecule has 2 aliphatic rings. The van der Waals surface area contributed by atoms with Crippen molar-refractivity contribution in [3.63, 3.8) is 0 Å². The average Bonchev–Trinajstić information content (AvgIpc) is 2.62. The van der Waals surface area contributed by atoms with Gasteiger partial charge in [0, 0.05) is 18.6 Å². The van der Waals surface area contributed by atoms with Gasteiger partial charge < -0.3 is 5.11 Å². The minimum Gasteiger partial charge on any atom is -0.478 e. The Kier molecular flexibility index (Phi) is 4.60. The van der Waals surface area contributed by atoms with E-state index in [1.165, 1.54) is 24.1 Å². The van der Waals surface area contributed by atoms with Gasteiger partial charge in [0.05, 0.1) is 5.56 Å². The number of halogens is 1. The largest absolute Gasteiger partial charge is 0.478 e. The average molecular weight is 351 g/mol. The number of hydrogen-bond donors (Lipinski definition) is 1. The van der Waals surface area contributed by atoms with Crippen LogP contribution >= 0.6 is 0 Å². The van der Waals surface area contributed by atoms with Gasteiger partial charge in [0.25, 0.3) is 0 Å². The molecule has 0 amide bonds. The van der Waals surface area contributed by atoms with Crippen molar-refractivity contribution < 1.29 is 14.3 Å². The Morgan fingerprint density at radius 1 is 1.15 bits per heavy atom. The van der Waals surface area contributed by atoms with Crippen LogP contribution in [0.25, 0.3) is 5.57 Å². The number of aromatic carboxylic acids is 1. The summed E-state index contributed by atoms with van der Waals surface area (Å²) in [5, 5.41) is 9.01. The van der Waals surface area contributed by atoms with Crippen LogP contribution in [0.3, 0.4) is 0 Å². The third-order valence-electron chi connectivity index (χ3n) is 5.56. The van der Waals surface area contributed by atoms with Gasteiger partial charge in [-0.1, -0.05) is 48.9 Å². The van der Waals surface area contributed by atoms with E-state index >= 15 is 0 Å². The number of benzene rings is 2. The molecule has 1 saturated heterocycles. The Bertz CT molecular complexity index is 846. The van der Waals surface area contributed by atoms with Crippen molar-refractivity contribution in [2.75, 3.05) is 0 Å². The predicted molar refractivity (Wildman–Crippen MR) is 99.4 cm³/mol. The van der Waals surface area contributed by atoms with E-state index < -0.39 is 11.8 Å². The lowest BCUT2D eigenvalue weighted by atomic mass is 9.82. The van der Waals surface area contributed by atoms with Crippen molar-refractivity contribution in [2.45, 2.75) is 44.3 Å². The first-order valence-corrected chi connectivity index (χ1v) is 9.15. The van der Waals surface area contributed by atoms with Crippen LogP contribution in [0.5, 0.6) is 0 Å². The monoisotopic (exact) mass is 351 g/mol. The molecule has 4 rings (SSSR count).